The Morgan fingerprint density at radius 3 is 1.94 bits per heavy atom. The molecule has 6 N–H and O–H groups in total. The Balaban J connectivity index is 0.000000500. The third-order valence-electron chi connectivity index (χ3n) is 6.78. The van der Waals surface area contributed by atoms with E-state index in [1.54, 1.807) is 0 Å². The van der Waals surface area contributed by atoms with Crippen molar-refractivity contribution in [2.24, 2.45) is 5.73 Å². The molecule has 0 radical (unpaired) electrons. The van der Waals surface area contributed by atoms with E-state index in [0.717, 1.165) is 47.3 Å². The fraction of sp³-hybridized carbons (Fsp3) is 0.281. The molecule has 3 aromatic rings. The Morgan fingerprint density at radius 1 is 0.898 bits per heavy atom. The van der Waals surface area contributed by atoms with E-state index in [0.29, 0.717) is 24.2 Å². The molecular formula is C32H33F6N5O6. The van der Waals surface area contributed by atoms with Crippen LogP contribution in [0.4, 0.5) is 26.3 Å². The van der Waals surface area contributed by atoms with Crippen LogP contribution in [0, 0.1) is 5.41 Å². The summed E-state index contributed by atoms with van der Waals surface area (Å²) in [6, 6.07) is 18.6. The predicted molar refractivity (Wildman–Crippen MR) is 168 cm³/mol. The van der Waals surface area contributed by atoms with Gasteiger partial charge in [0.05, 0.1) is 0 Å². The number of aromatic amines is 1. The quantitative estimate of drug-likeness (QED) is 0.135. The second-order valence-corrected chi connectivity index (χ2v) is 10.7. The van der Waals surface area contributed by atoms with Crippen molar-refractivity contribution in [3.8, 4) is 11.1 Å². The number of halogens is 6. The normalized spacial score (nSPS) is 12.9. The van der Waals surface area contributed by atoms with Crippen molar-refractivity contribution in [3.05, 3.63) is 99.5 Å². The zero-order valence-electron chi connectivity index (χ0n) is 26.2. The van der Waals surface area contributed by atoms with Gasteiger partial charge in [-0.25, -0.2) is 9.59 Å². The average molecular weight is 698 g/mol. The number of alkyl halides is 6. The summed E-state index contributed by atoms with van der Waals surface area (Å²) < 4.78 is 63.5. The highest BCUT2D eigenvalue weighted by molar-refractivity contribution is 5.96. The number of pyridine rings is 1. The third-order valence-corrected chi connectivity index (χ3v) is 6.78. The first-order valence-electron chi connectivity index (χ1n) is 14.2. The monoisotopic (exact) mass is 697 g/mol. The summed E-state index contributed by atoms with van der Waals surface area (Å²) in [4.78, 5) is 49.7. The largest absolute Gasteiger partial charge is 0.490 e. The summed E-state index contributed by atoms with van der Waals surface area (Å²) in [5.41, 5.74) is 11.9. The molecule has 0 atom stereocenters. The van der Waals surface area contributed by atoms with Gasteiger partial charge in [-0.05, 0) is 61.5 Å². The highest BCUT2D eigenvalue weighted by atomic mass is 19.4. The van der Waals surface area contributed by atoms with Crippen LogP contribution in [0.1, 0.15) is 33.6 Å². The summed E-state index contributed by atoms with van der Waals surface area (Å²) in [6.07, 6.45) is -6.61. The smallest absolute Gasteiger partial charge is 0.475 e. The molecule has 0 spiro atoms. The number of carbonyl (C=O) groups excluding carboxylic acids is 1. The van der Waals surface area contributed by atoms with E-state index in [-0.39, 0.29) is 17.3 Å². The Bertz CT molecular complexity index is 1710. The zero-order chi connectivity index (χ0) is 37.1. The van der Waals surface area contributed by atoms with Gasteiger partial charge in [0.25, 0.3) is 5.91 Å². The Morgan fingerprint density at radius 2 is 1.47 bits per heavy atom. The van der Waals surface area contributed by atoms with Gasteiger partial charge in [-0.3, -0.25) is 15.0 Å². The Labute approximate surface area is 275 Å². The van der Waals surface area contributed by atoms with Crippen molar-refractivity contribution >= 4 is 29.3 Å². The molecule has 1 amide bonds. The third kappa shape index (κ3) is 12.6. The number of likely N-dealkylation sites (N-methyl/N-ethyl adjacent to an activating group) is 1. The number of benzene rings is 2. The van der Waals surface area contributed by atoms with Gasteiger partial charge in [-0.15, -0.1) is 0 Å². The molecule has 0 aliphatic carbocycles. The molecule has 0 unspecified atom stereocenters. The first-order chi connectivity index (χ1) is 22.7. The van der Waals surface area contributed by atoms with Crippen LogP contribution in [0.3, 0.4) is 0 Å². The second-order valence-electron chi connectivity index (χ2n) is 10.7. The van der Waals surface area contributed by atoms with Crippen LogP contribution in [-0.4, -0.2) is 94.8 Å². The molecule has 1 aliphatic rings. The number of hydrogen-bond donors (Lipinski definition) is 5. The molecule has 49 heavy (non-hydrogen) atoms. The van der Waals surface area contributed by atoms with Crippen molar-refractivity contribution in [3.63, 3.8) is 0 Å². The molecule has 1 aliphatic heterocycles. The van der Waals surface area contributed by atoms with Crippen LogP contribution in [0.5, 0.6) is 0 Å². The summed E-state index contributed by atoms with van der Waals surface area (Å²) >= 11 is 0. The Hall–Kier alpha value is -5.45. The van der Waals surface area contributed by atoms with E-state index in [1.165, 1.54) is 6.07 Å². The molecule has 17 heteroatoms. The number of hydrogen-bond acceptors (Lipinski definition) is 6. The lowest BCUT2D eigenvalue weighted by Gasteiger charge is -2.27. The summed E-state index contributed by atoms with van der Waals surface area (Å²) in [5, 5.41) is 21.9. The SMILES string of the molecule is CN(C)CCc1[nH]c(=O)ccc1-c1ccc(C(=O)N2CC=C(c3cccc(C(=N)N)c3)CC2)cc1.O=C(O)C(F)(F)F.O=C(O)C(F)(F)F. The lowest BCUT2D eigenvalue weighted by Crippen LogP contribution is -2.34. The second kappa shape index (κ2) is 17.1. The standard InChI is InChI=1S/C28H31N5O2.2C2HF3O2/c1-32(2)15-14-25-24(10-11-26(34)31-25)20-6-8-21(9-7-20)28(35)33-16-12-19(13-17-33)22-4-3-5-23(18-22)27(29)30;2*3-2(4,5)1(6)7/h3-12,18H,13-17H2,1-2H3,(H3,29,30)(H,31,34);2*(H,6,7). The average Bonchev–Trinajstić information content (AvgIpc) is 3.03. The number of amides is 1. The molecule has 2 aromatic carbocycles. The number of carboxylic acid groups (broad SMARTS) is 2. The van der Waals surface area contributed by atoms with E-state index >= 15 is 0 Å². The maximum atomic E-state index is 13.1. The number of rotatable bonds is 7. The topological polar surface area (TPSA) is 181 Å². The lowest BCUT2D eigenvalue weighted by atomic mass is 9.97. The van der Waals surface area contributed by atoms with Gasteiger partial charge in [-0.2, -0.15) is 26.3 Å². The van der Waals surface area contributed by atoms with Crippen molar-refractivity contribution in [2.45, 2.75) is 25.2 Å². The van der Waals surface area contributed by atoms with E-state index in [1.807, 2.05) is 73.6 Å². The lowest BCUT2D eigenvalue weighted by molar-refractivity contribution is -0.193. The van der Waals surface area contributed by atoms with Crippen LogP contribution < -0.4 is 11.3 Å². The molecule has 2 heterocycles. The molecular weight excluding hydrogens is 664 g/mol. The van der Waals surface area contributed by atoms with Gasteiger partial charge >= 0.3 is 24.3 Å². The fourth-order valence-electron chi connectivity index (χ4n) is 4.30. The number of nitrogen functional groups attached to an aromatic ring is 1. The zero-order valence-corrected chi connectivity index (χ0v) is 26.2. The van der Waals surface area contributed by atoms with Crippen molar-refractivity contribution < 1.29 is 50.9 Å². The number of carbonyl (C=O) groups is 3. The first-order valence-corrected chi connectivity index (χ1v) is 14.2. The van der Waals surface area contributed by atoms with Gasteiger partial charge in [-0.1, -0.05) is 36.4 Å². The van der Waals surface area contributed by atoms with Crippen molar-refractivity contribution in [2.75, 3.05) is 33.7 Å². The summed E-state index contributed by atoms with van der Waals surface area (Å²) in [5.74, 6) is -5.46. The Kier molecular flexibility index (Phi) is 13.9. The number of nitrogens with one attached hydrogen (secondary N) is 2. The van der Waals surface area contributed by atoms with Crippen LogP contribution in [0.15, 0.2) is 71.5 Å². The number of aliphatic carboxylic acids is 2. The van der Waals surface area contributed by atoms with Crippen LogP contribution in [0.2, 0.25) is 0 Å². The number of nitrogens with two attached hydrogens (primary N) is 1. The van der Waals surface area contributed by atoms with Crippen molar-refractivity contribution in [1.29, 1.82) is 5.41 Å². The number of carboxylic acids is 2. The summed E-state index contributed by atoms with van der Waals surface area (Å²) in [6.45, 7) is 1.99. The number of amidine groups is 1. The molecule has 264 valence electrons. The van der Waals surface area contributed by atoms with E-state index < -0.39 is 24.3 Å². The molecule has 0 fully saturated rings. The highest BCUT2D eigenvalue weighted by Gasteiger charge is 2.38. The maximum Gasteiger partial charge on any atom is 0.490 e. The minimum atomic E-state index is -5.08. The van der Waals surface area contributed by atoms with E-state index in [9.17, 15) is 35.9 Å². The molecule has 0 saturated carbocycles. The van der Waals surface area contributed by atoms with Crippen LogP contribution >= 0.6 is 0 Å². The highest BCUT2D eigenvalue weighted by Crippen LogP contribution is 2.26. The van der Waals surface area contributed by atoms with Gasteiger partial charge in [0, 0.05) is 54.5 Å². The fourth-order valence-corrected chi connectivity index (χ4v) is 4.30. The number of aromatic nitrogens is 1. The molecule has 4 rings (SSSR count). The van der Waals surface area contributed by atoms with Crippen LogP contribution in [0.25, 0.3) is 16.7 Å². The minimum absolute atomic E-state index is 0.00126. The molecule has 1 aromatic heterocycles. The van der Waals surface area contributed by atoms with Crippen LogP contribution in [-0.2, 0) is 16.0 Å². The van der Waals surface area contributed by atoms with Gasteiger partial charge < -0.3 is 30.7 Å². The minimum Gasteiger partial charge on any atom is -0.475 e. The predicted octanol–water partition coefficient (Wildman–Crippen LogP) is 4.63. The van der Waals surface area contributed by atoms with E-state index in [4.69, 9.17) is 30.9 Å². The first kappa shape index (κ1) is 39.7. The van der Waals surface area contributed by atoms with Crippen molar-refractivity contribution in [1.82, 2.24) is 14.8 Å². The van der Waals surface area contributed by atoms with Gasteiger partial charge in [0.1, 0.15) is 5.84 Å². The van der Waals surface area contributed by atoms with E-state index in [2.05, 4.69) is 16.0 Å². The molecule has 11 nitrogen and oxygen atoms in total. The maximum absolute atomic E-state index is 13.1. The molecule has 0 bridgehead atoms. The van der Waals surface area contributed by atoms with Gasteiger partial charge in [0.15, 0.2) is 0 Å². The summed E-state index contributed by atoms with van der Waals surface area (Å²) in [7, 11) is 4.01. The molecule has 0 saturated heterocycles. The number of nitrogens with zero attached hydrogens (tertiary/aromatic N) is 2. The number of H-pyrrole nitrogens is 1. The van der Waals surface area contributed by atoms with Gasteiger partial charge in [0.2, 0.25) is 5.56 Å².